The van der Waals surface area contributed by atoms with E-state index in [1.54, 1.807) is 6.07 Å². The van der Waals surface area contributed by atoms with Crippen LogP contribution in [-0.4, -0.2) is 6.79 Å². The molecule has 0 bridgehead atoms. The van der Waals surface area contributed by atoms with Gasteiger partial charge in [0.2, 0.25) is 12.7 Å². The van der Waals surface area contributed by atoms with Gasteiger partial charge < -0.3 is 19.9 Å². The Morgan fingerprint density at radius 2 is 1.91 bits per heavy atom. The van der Waals surface area contributed by atoms with Crippen molar-refractivity contribution in [3.8, 4) is 23.3 Å². The van der Waals surface area contributed by atoms with Crippen molar-refractivity contribution >= 4 is 22.6 Å². The molecule has 6 heteroatoms. The number of hydrogen-bond donors (Lipinski definition) is 1. The molecule has 0 radical (unpaired) electrons. The minimum absolute atomic E-state index is 0.128. The molecule has 114 valence electrons. The van der Waals surface area contributed by atoms with Crippen molar-refractivity contribution in [1.82, 2.24) is 0 Å². The van der Waals surface area contributed by atoms with Crippen molar-refractivity contribution in [1.29, 1.82) is 5.26 Å². The van der Waals surface area contributed by atoms with Crippen LogP contribution in [0.3, 0.4) is 0 Å². The number of hydrogen-bond acceptors (Lipinski definition) is 5. The largest absolute Gasteiger partial charge is 0.454 e. The van der Waals surface area contributed by atoms with Crippen LogP contribution < -0.4 is 19.9 Å². The molecule has 0 saturated carbocycles. The van der Waals surface area contributed by atoms with E-state index in [1.165, 1.54) is 0 Å². The SMILES string of the molecule is N#CC1=C(N)Oc2cc3c(cc2C1c1cccc(I)c1)OCO3. The summed E-state index contributed by atoms with van der Waals surface area (Å²) in [5.74, 6) is 1.71. The predicted molar refractivity (Wildman–Crippen MR) is 91.0 cm³/mol. The Morgan fingerprint density at radius 1 is 1.13 bits per heavy atom. The molecule has 4 rings (SSSR count). The second-order valence-electron chi connectivity index (χ2n) is 5.22. The third kappa shape index (κ3) is 2.28. The normalized spacial score (nSPS) is 18.2. The van der Waals surface area contributed by atoms with Gasteiger partial charge in [0.25, 0.3) is 0 Å². The maximum Gasteiger partial charge on any atom is 0.231 e. The summed E-state index contributed by atoms with van der Waals surface area (Å²) in [5, 5.41) is 9.56. The maximum absolute atomic E-state index is 9.56. The number of ether oxygens (including phenoxy) is 3. The van der Waals surface area contributed by atoms with E-state index in [0.29, 0.717) is 22.8 Å². The molecule has 2 heterocycles. The van der Waals surface area contributed by atoms with Crippen LogP contribution in [0, 0.1) is 14.9 Å². The van der Waals surface area contributed by atoms with Gasteiger partial charge in [-0.1, -0.05) is 12.1 Å². The number of nitrogens with two attached hydrogens (primary N) is 1. The second-order valence-corrected chi connectivity index (χ2v) is 6.47. The molecule has 0 aliphatic carbocycles. The molecule has 0 aromatic heterocycles. The molecule has 5 nitrogen and oxygen atoms in total. The van der Waals surface area contributed by atoms with Gasteiger partial charge in [-0.3, -0.25) is 0 Å². The average Bonchev–Trinajstić information content (AvgIpc) is 2.98. The lowest BCUT2D eigenvalue weighted by molar-refractivity contribution is 0.174. The monoisotopic (exact) mass is 418 g/mol. The summed E-state index contributed by atoms with van der Waals surface area (Å²) in [6, 6.07) is 13.8. The Balaban J connectivity index is 1.94. The topological polar surface area (TPSA) is 77.5 Å². The molecule has 0 saturated heterocycles. The van der Waals surface area contributed by atoms with Gasteiger partial charge in [-0.25, -0.2) is 0 Å². The third-order valence-corrected chi connectivity index (χ3v) is 4.56. The van der Waals surface area contributed by atoms with Gasteiger partial charge >= 0.3 is 0 Å². The number of allylic oxidation sites excluding steroid dienone is 1. The van der Waals surface area contributed by atoms with E-state index in [9.17, 15) is 5.26 Å². The average molecular weight is 418 g/mol. The van der Waals surface area contributed by atoms with Gasteiger partial charge in [-0.2, -0.15) is 5.26 Å². The molecule has 23 heavy (non-hydrogen) atoms. The van der Waals surface area contributed by atoms with Crippen molar-refractivity contribution in [2.45, 2.75) is 5.92 Å². The van der Waals surface area contributed by atoms with Gasteiger partial charge in [0, 0.05) is 15.2 Å². The Hall–Kier alpha value is -2.40. The quantitative estimate of drug-likeness (QED) is 0.720. The van der Waals surface area contributed by atoms with E-state index >= 15 is 0 Å². The van der Waals surface area contributed by atoms with Crippen LogP contribution in [0.1, 0.15) is 17.0 Å². The molecule has 1 atom stereocenters. The van der Waals surface area contributed by atoms with Gasteiger partial charge in [0.05, 0.1) is 5.92 Å². The number of rotatable bonds is 1. The first kappa shape index (κ1) is 14.2. The molecule has 0 fully saturated rings. The lowest BCUT2D eigenvalue weighted by atomic mass is 9.83. The fourth-order valence-electron chi connectivity index (χ4n) is 2.88. The van der Waals surface area contributed by atoms with E-state index in [2.05, 4.69) is 28.7 Å². The highest BCUT2D eigenvalue weighted by atomic mass is 127. The van der Waals surface area contributed by atoms with Gasteiger partial charge in [-0.15, -0.1) is 0 Å². The van der Waals surface area contributed by atoms with Gasteiger partial charge in [-0.05, 0) is 46.4 Å². The highest BCUT2D eigenvalue weighted by Crippen LogP contribution is 2.47. The molecule has 2 aliphatic rings. The first-order valence-electron chi connectivity index (χ1n) is 6.94. The summed E-state index contributed by atoms with van der Waals surface area (Å²) >= 11 is 2.25. The van der Waals surface area contributed by atoms with E-state index < -0.39 is 0 Å². The minimum atomic E-state index is -0.284. The van der Waals surface area contributed by atoms with Crippen molar-refractivity contribution in [2.24, 2.45) is 5.73 Å². The molecular formula is C17H11IN2O3. The Kier molecular flexibility index (Phi) is 3.31. The highest BCUT2D eigenvalue weighted by molar-refractivity contribution is 14.1. The Morgan fingerprint density at radius 3 is 2.65 bits per heavy atom. The number of halogens is 1. The molecule has 1 unspecified atom stereocenters. The van der Waals surface area contributed by atoms with E-state index in [0.717, 1.165) is 14.7 Å². The van der Waals surface area contributed by atoms with Crippen molar-refractivity contribution in [3.05, 3.63) is 62.6 Å². The lowest BCUT2D eigenvalue weighted by Gasteiger charge is -2.26. The van der Waals surface area contributed by atoms with Crippen LogP contribution in [0.25, 0.3) is 0 Å². The number of nitrogens with zero attached hydrogens (tertiary/aromatic N) is 1. The zero-order valence-corrected chi connectivity index (χ0v) is 14.0. The molecule has 2 N–H and O–H groups in total. The van der Waals surface area contributed by atoms with Crippen LogP contribution in [0.4, 0.5) is 0 Å². The van der Waals surface area contributed by atoms with E-state index in [-0.39, 0.29) is 18.6 Å². The summed E-state index contributed by atoms with van der Waals surface area (Å²) in [6.45, 7) is 0.181. The lowest BCUT2D eigenvalue weighted by Crippen LogP contribution is -2.21. The fourth-order valence-corrected chi connectivity index (χ4v) is 3.44. The number of nitriles is 1. The summed E-state index contributed by atoms with van der Waals surface area (Å²) < 4.78 is 17.6. The van der Waals surface area contributed by atoms with Crippen molar-refractivity contribution in [3.63, 3.8) is 0 Å². The number of benzene rings is 2. The van der Waals surface area contributed by atoms with Gasteiger partial charge in [0.15, 0.2) is 11.5 Å². The van der Waals surface area contributed by atoms with Gasteiger partial charge in [0.1, 0.15) is 17.4 Å². The second kappa shape index (κ2) is 5.35. The highest BCUT2D eigenvalue weighted by Gasteiger charge is 2.33. The molecule has 0 spiro atoms. The van der Waals surface area contributed by atoms with Crippen molar-refractivity contribution < 1.29 is 14.2 Å². The van der Waals surface area contributed by atoms with Crippen LogP contribution in [-0.2, 0) is 0 Å². The number of fused-ring (bicyclic) bond motifs is 2. The van der Waals surface area contributed by atoms with Crippen LogP contribution in [0.15, 0.2) is 47.9 Å². The zero-order chi connectivity index (χ0) is 16.0. The summed E-state index contributed by atoms with van der Waals surface area (Å²) in [4.78, 5) is 0. The fraction of sp³-hybridized carbons (Fsp3) is 0.118. The standard InChI is InChI=1S/C17H11IN2O3/c18-10-3-1-2-9(4-10)16-11-5-14-15(22-8-21-14)6-13(11)23-17(20)12(16)7-19/h1-6,16H,8,20H2. The summed E-state index contributed by atoms with van der Waals surface area (Å²) in [6.07, 6.45) is 0. The zero-order valence-electron chi connectivity index (χ0n) is 11.9. The minimum Gasteiger partial charge on any atom is -0.454 e. The Labute approximate surface area is 146 Å². The third-order valence-electron chi connectivity index (χ3n) is 3.89. The summed E-state index contributed by atoms with van der Waals surface area (Å²) in [7, 11) is 0. The Bertz CT molecular complexity index is 886. The van der Waals surface area contributed by atoms with Crippen LogP contribution in [0.2, 0.25) is 0 Å². The molecule has 0 amide bonds. The van der Waals surface area contributed by atoms with Crippen molar-refractivity contribution in [2.75, 3.05) is 6.79 Å². The van der Waals surface area contributed by atoms with Crippen LogP contribution in [0.5, 0.6) is 17.2 Å². The molecular weight excluding hydrogens is 407 g/mol. The maximum atomic E-state index is 9.56. The first-order valence-corrected chi connectivity index (χ1v) is 8.02. The first-order chi connectivity index (χ1) is 11.2. The molecule has 2 aliphatic heterocycles. The molecule has 2 aromatic rings. The predicted octanol–water partition coefficient (Wildman–Crippen LogP) is 3.24. The molecule has 2 aromatic carbocycles. The summed E-state index contributed by atoms with van der Waals surface area (Å²) in [5.41, 5.74) is 8.21. The van der Waals surface area contributed by atoms with Crippen LogP contribution >= 0.6 is 22.6 Å². The smallest absolute Gasteiger partial charge is 0.231 e. The van der Waals surface area contributed by atoms with E-state index in [4.69, 9.17) is 19.9 Å². The van der Waals surface area contributed by atoms with E-state index in [1.807, 2.05) is 30.3 Å².